The predicted molar refractivity (Wildman–Crippen MR) is 127 cm³/mol. The largest absolute Gasteiger partial charge is 0.350 e. The van der Waals surface area contributed by atoms with E-state index in [-0.39, 0.29) is 6.29 Å². The first-order chi connectivity index (χ1) is 14.4. The van der Waals surface area contributed by atoms with Gasteiger partial charge in [0.15, 0.2) is 6.29 Å². The normalized spacial score (nSPS) is 15.9. The number of unbranched alkanes of at least 4 members (excludes halogenated alkanes) is 16. The molecule has 0 N–H and O–H groups in total. The van der Waals surface area contributed by atoms with E-state index < -0.39 is 0 Å². The van der Waals surface area contributed by atoms with Crippen LogP contribution in [0.2, 0.25) is 0 Å². The Labute approximate surface area is 183 Å². The molecule has 1 saturated heterocycles. The smallest absolute Gasteiger partial charge is 0.158 e. The number of hydrogen-bond donors (Lipinski definition) is 0. The zero-order valence-corrected chi connectivity index (χ0v) is 20.2. The molecule has 2 nitrogen and oxygen atoms in total. The van der Waals surface area contributed by atoms with Gasteiger partial charge < -0.3 is 9.47 Å². The summed E-state index contributed by atoms with van der Waals surface area (Å²) in [4.78, 5) is 0. The van der Waals surface area contributed by atoms with Crippen molar-refractivity contribution in [3.8, 4) is 0 Å². The van der Waals surface area contributed by atoms with Crippen LogP contribution in [-0.2, 0) is 9.47 Å². The average Bonchev–Trinajstić information content (AvgIpc) is 3.24. The standard InChI is InChI=1S/C27H54O2/c1-3-5-7-9-11-13-14-16-18-20-22-26(25-27-28-23-24-29-27)21-19-17-15-12-10-8-6-4-2/h26-27H,3-25H2,1-2H3. The molecule has 0 spiro atoms. The maximum absolute atomic E-state index is 5.74. The first-order valence-electron chi connectivity index (χ1n) is 13.6. The molecule has 0 aliphatic carbocycles. The lowest BCUT2D eigenvalue weighted by molar-refractivity contribution is -0.0585. The van der Waals surface area contributed by atoms with Crippen molar-refractivity contribution < 1.29 is 9.47 Å². The number of rotatable bonds is 22. The van der Waals surface area contributed by atoms with Gasteiger partial charge in [0.25, 0.3) is 0 Å². The van der Waals surface area contributed by atoms with Crippen LogP contribution in [0.4, 0.5) is 0 Å². The maximum Gasteiger partial charge on any atom is 0.158 e. The van der Waals surface area contributed by atoms with Crippen LogP contribution in [0.3, 0.4) is 0 Å². The van der Waals surface area contributed by atoms with Gasteiger partial charge in [0.1, 0.15) is 0 Å². The Balaban J connectivity index is 2.03. The fourth-order valence-corrected chi connectivity index (χ4v) is 4.68. The Morgan fingerprint density at radius 1 is 0.517 bits per heavy atom. The first-order valence-corrected chi connectivity index (χ1v) is 13.6. The molecule has 0 aromatic carbocycles. The quantitative estimate of drug-likeness (QED) is 0.166. The second-order valence-corrected chi connectivity index (χ2v) is 9.51. The molecule has 29 heavy (non-hydrogen) atoms. The molecule has 1 atom stereocenters. The molecular formula is C27H54O2. The molecule has 0 bridgehead atoms. The fraction of sp³-hybridized carbons (Fsp3) is 1.00. The molecule has 0 saturated carbocycles. The Morgan fingerprint density at radius 2 is 0.862 bits per heavy atom. The minimum Gasteiger partial charge on any atom is -0.350 e. The summed E-state index contributed by atoms with van der Waals surface area (Å²) in [7, 11) is 0. The molecule has 0 aromatic rings. The van der Waals surface area contributed by atoms with Crippen LogP contribution in [0.1, 0.15) is 149 Å². The zero-order valence-electron chi connectivity index (χ0n) is 20.2. The molecule has 174 valence electrons. The van der Waals surface area contributed by atoms with Gasteiger partial charge in [-0.3, -0.25) is 0 Å². The minimum absolute atomic E-state index is 0.0946. The summed E-state index contributed by atoms with van der Waals surface area (Å²) in [5.74, 6) is 0.812. The summed E-state index contributed by atoms with van der Waals surface area (Å²) < 4.78 is 11.5. The van der Waals surface area contributed by atoms with Crippen molar-refractivity contribution in [2.24, 2.45) is 5.92 Å². The van der Waals surface area contributed by atoms with Crippen molar-refractivity contribution >= 4 is 0 Å². The zero-order chi connectivity index (χ0) is 20.8. The van der Waals surface area contributed by atoms with Crippen molar-refractivity contribution in [1.82, 2.24) is 0 Å². The highest BCUT2D eigenvalue weighted by Crippen LogP contribution is 2.26. The second-order valence-electron chi connectivity index (χ2n) is 9.51. The summed E-state index contributed by atoms with van der Waals surface area (Å²) in [6.07, 6.45) is 29.7. The van der Waals surface area contributed by atoms with Gasteiger partial charge in [0.05, 0.1) is 13.2 Å². The topological polar surface area (TPSA) is 18.5 Å². The Kier molecular flexibility index (Phi) is 19.7. The van der Waals surface area contributed by atoms with E-state index in [2.05, 4.69) is 13.8 Å². The van der Waals surface area contributed by atoms with Crippen LogP contribution in [0, 0.1) is 5.92 Å². The van der Waals surface area contributed by atoms with E-state index in [1.54, 1.807) is 0 Å². The van der Waals surface area contributed by atoms with Gasteiger partial charge in [-0.2, -0.15) is 0 Å². The predicted octanol–water partition coefficient (Wildman–Crippen LogP) is 9.21. The maximum atomic E-state index is 5.74. The number of hydrogen-bond acceptors (Lipinski definition) is 2. The third-order valence-corrected chi connectivity index (χ3v) is 6.65. The lowest BCUT2D eigenvalue weighted by Crippen LogP contribution is -2.15. The SMILES string of the molecule is CCCCCCCCCCCCC(CCCCCCCCCC)CC1OCCO1. The Bertz CT molecular complexity index is 312. The van der Waals surface area contributed by atoms with Gasteiger partial charge in [0, 0.05) is 6.42 Å². The summed E-state index contributed by atoms with van der Waals surface area (Å²) in [5, 5.41) is 0. The highest BCUT2D eigenvalue weighted by atomic mass is 16.7. The molecule has 1 heterocycles. The molecular weight excluding hydrogens is 356 g/mol. The van der Waals surface area contributed by atoms with E-state index in [9.17, 15) is 0 Å². The van der Waals surface area contributed by atoms with Gasteiger partial charge in [-0.25, -0.2) is 0 Å². The van der Waals surface area contributed by atoms with Crippen LogP contribution in [0.15, 0.2) is 0 Å². The van der Waals surface area contributed by atoms with Crippen molar-refractivity contribution in [1.29, 1.82) is 0 Å². The summed E-state index contributed by atoms with van der Waals surface area (Å²) >= 11 is 0. The Hall–Kier alpha value is -0.0800. The van der Waals surface area contributed by atoms with E-state index in [1.165, 1.54) is 128 Å². The van der Waals surface area contributed by atoms with Crippen LogP contribution in [0.5, 0.6) is 0 Å². The summed E-state index contributed by atoms with van der Waals surface area (Å²) in [6.45, 7) is 6.19. The van der Waals surface area contributed by atoms with Crippen LogP contribution >= 0.6 is 0 Å². The Morgan fingerprint density at radius 3 is 1.24 bits per heavy atom. The van der Waals surface area contributed by atoms with Gasteiger partial charge >= 0.3 is 0 Å². The van der Waals surface area contributed by atoms with Gasteiger partial charge in [-0.05, 0) is 5.92 Å². The van der Waals surface area contributed by atoms with E-state index in [1.807, 2.05) is 0 Å². The van der Waals surface area contributed by atoms with E-state index in [4.69, 9.17) is 9.47 Å². The third kappa shape index (κ3) is 17.3. The number of ether oxygens (including phenoxy) is 2. The molecule has 2 heteroatoms. The second kappa shape index (κ2) is 21.2. The summed E-state index contributed by atoms with van der Waals surface area (Å²) in [5.41, 5.74) is 0. The van der Waals surface area contributed by atoms with E-state index in [0.717, 1.165) is 25.6 Å². The minimum atomic E-state index is 0.0946. The van der Waals surface area contributed by atoms with Crippen molar-refractivity contribution in [3.63, 3.8) is 0 Å². The lowest BCUT2D eigenvalue weighted by Gasteiger charge is -2.20. The van der Waals surface area contributed by atoms with Crippen LogP contribution in [0.25, 0.3) is 0 Å². The molecule has 1 aliphatic heterocycles. The van der Waals surface area contributed by atoms with E-state index >= 15 is 0 Å². The van der Waals surface area contributed by atoms with Gasteiger partial charge in [0.2, 0.25) is 0 Å². The van der Waals surface area contributed by atoms with Crippen molar-refractivity contribution in [2.75, 3.05) is 13.2 Å². The average molecular weight is 411 g/mol. The molecule has 1 unspecified atom stereocenters. The highest BCUT2D eigenvalue weighted by Gasteiger charge is 2.21. The third-order valence-electron chi connectivity index (χ3n) is 6.65. The van der Waals surface area contributed by atoms with E-state index in [0.29, 0.717) is 0 Å². The fourth-order valence-electron chi connectivity index (χ4n) is 4.68. The van der Waals surface area contributed by atoms with Crippen LogP contribution in [-0.4, -0.2) is 19.5 Å². The first kappa shape index (κ1) is 27.0. The molecule has 1 aliphatic rings. The van der Waals surface area contributed by atoms with Gasteiger partial charge in [-0.1, -0.05) is 142 Å². The van der Waals surface area contributed by atoms with Gasteiger partial charge in [-0.15, -0.1) is 0 Å². The monoisotopic (exact) mass is 410 g/mol. The molecule has 1 fully saturated rings. The van der Waals surface area contributed by atoms with Crippen LogP contribution < -0.4 is 0 Å². The summed E-state index contributed by atoms with van der Waals surface area (Å²) in [6, 6.07) is 0. The molecule has 1 rings (SSSR count). The van der Waals surface area contributed by atoms with Crippen molar-refractivity contribution in [2.45, 2.75) is 155 Å². The highest BCUT2D eigenvalue weighted by molar-refractivity contribution is 4.65. The lowest BCUT2D eigenvalue weighted by atomic mass is 9.91. The van der Waals surface area contributed by atoms with Crippen molar-refractivity contribution in [3.05, 3.63) is 0 Å². The molecule has 0 amide bonds. The molecule has 0 aromatic heterocycles. The molecule has 0 radical (unpaired) electrons.